The van der Waals surface area contributed by atoms with E-state index in [1.807, 2.05) is 6.92 Å². The van der Waals surface area contributed by atoms with Crippen LogP contribution in [0.25, 0.3) is 0 Å². The molecule has 1 heterocycles. The summed E-state index contributed by atoms with van der Waals surface area (Å²) in [5.74, 6) is -0.0275. The fourth-order valence-corrected chi connectivity index (χ4v) is 4.60. The molecule has 0 bridgehead atoms. The van der Waals surface area contributed by atoms with Crippen molar-refractivity contribution in [3.8, 4) is 0 Å². The molecule has 23 heavy (non-hydrogen) atoms. The Hall–Kier alpha value is -0.540. The van der Waals surface area contributed by atoms with Gasteiger partial charge < -0.3 is 5.32 Å². The molecule has 132 valence electrons. The number of nitrogens with one attached hydrogen (secondary N) is 2. The smallest absolute Gasteiger partial charge is 0.316 e. The summed E-state index contributed by atoms with van der Waals surface area (Å²) in [6, 6.07) is 2.50. The first-order valence-electron chi connectivity index (χ1n) is 6.71. The standard InChI is InChI=1S/C13H16ClF3N2O2S.ClH/c1-8-7-18-6-5-11(8)19-22(20,21)12-9(13(15,16)17)3-2-4-10(12)14;/h2-4,8,11,18-19H,5-7H2,1H3;1H. The van der Waals surface area contributed by atoms with E-state index >= 15 is 0 Å². The van der Waals surface area contributed by atoms with Gasteiger partial charge in [-0.3, -0.25) is 0 Å². The number of halogens is 5. The van der Waals surface area contributed by atoms with Gasteiger partial charge in [-0.15, -0.1) is 12.4 Å². The van der Waals surface area contributed by atoms with E-state index in [1.165, 1.54) is 0 Å². The third-order valence-electron chi connectivity index (χ3n) is 3.63. The predicted molar refractivity (Wildman–Crippen MR) is 84.5 cm³/mol. The van der Waals surface area contributed by atoms with Crippen LogP contribution in [0.4, 0.5) is 13.2 Å². The average molecular weight is 393 g/mol. The number of hydrogen-bond acceptors (Lipinski definition) is 3. The van der Waals surface area contributed by atoms with E-state index in [0.29, 0.717) is 25.6 Å². The molecule has 1 aliphatic heterocycles. The van der Waals surface area contributed by atoms with Gasteiger partial charge in [-0.1, -0.05) is 24.6 Å². The molecule has 0 aliphatic carbocycles. The van der Waals surface area contributed by atoms with Gasteiger partial charge in [0, 0.05) is 6.04 Å². The summed E-state index contributed by atoms with van der Waals surface area (Å²) >= 11 is 5.74. The van der Waals surface area contributed by atoms with Crippen LogP contribution in [0.1, 0.15) is 18.9 Å². The Kier molecular flexibility index (Phi) is 6.74. The quantitative estimate of drug-likeness (QED) is 0.830. The van der Waals surface area contributed by atoms with Crippen LogP contribution in [0.15, 0.2) is 23.1 Å². The Morgan fingerprint density at radius 2 is 2.00 bits per heavy atom. The van der Waals surface area contributed by atoms with Gasteiger partial charge in [0.15, 0.2) is 0 Å². The molecule has 1 aromatic carbocycles. The average Bonchev–Trinajstić information content (AvgIpc) is 2.39. The maximum atomic E-state index is 13.1. The first kappa shape index (κ1) is 20.5. The van der Waals surface area contributed by atoms with E-state index in [9.17, 15) is 21.6 Å². The summed E-state index contributed by atoms with van der Waals surface area (Å²) in [6.07, 6.45) is -4.29. The van der Waals surface area contributed by atoms with Crippen LogP contribution in [0.2, 0.25) is 5.02 Å². The van der Waals surface area contributed by atoms with Crippen LogP contribution in [0.5, 0.6) is 0 Å². The predicted octanol–water partition coefficient (Wildman–Crippen LogP) is 3.06. The summed E-state index contributed by atoms with van der Waals surface area (Å²) < 4.78 is 66.4. The summed E-state index contributed by atoms with van der Waals surface area (Å²) in [6.45, 7) is 3.03. The molecule has 10 heteroatoms. The van der Waals surface area contributed by atoms with Gasteiger partial charge >= 0.3 is 6.18 Å². The molecular formula is C13H17Cl2F3N2O2S. The van der Waals surface area contributed by atoms with E-state index in [-0.39, 0.29) is 18.3 Å². The van der Waals surface area contributed by atoms with Crippen LogP contribution < -0.4 is 10.0 Å². The summed E-state index contributed by atoms with van der Waals surface area (Å²) in [7, 11) is -4.37. The Labute approximate surface area is 144 Å². The van der Waals surface area contributed by atoms with Crippen molar-refractivity contribution in [2.75, 3.05) is 13.1 Å². The lowest BCUT2D eigenvalue weighted by Gasteiger charge is -2.30. The minimum Gasteiger partial charge on any atom is -0.316 e. The molecular weight excluding hydrogens is 376 g/mol. The maximum Gasteiger partial charge on any atom is 0.417 e. The highest BCUT2D eigenvalue weighted by molar-refractivity contribution is 7.89. The molecule has 1 fully saturated rings. The Morgan fingerprint density at radius 3 is 2.57 bits per heavy atom. The topological polar surface area (TPSA) is 58.2 Å². The second-order valence-electron chi connectivity index (χ2n) is 5.31. The number of rotatable bonds is 3. The van der Waals surface area contributed by atoms with E-state index in [2.05, 4.69) is 10.0 Å². The summed E-state index contributed by atoms with van der Waals surface area (Å²) in [5, 5.41) is 2.66. The molecule has 2 unspecified atom stereocenters. The zero-order chi connectivity index (χ0) is 16.5. The lowest BCUT2D eigenvalue weighted by atomic mass is 9.97. The molecule has 4 nitrogen and oxygen atoms in total. The molecule has 0 amide bonds. The van der Waals surface area contributed by atoms with Gasteiger partial charge in [0.25, 0.3) is 0 Å². The first-order chi connectivity index (χ1) is 10.1. The molecule has 0 aromatic heterocycles. The first-order valence-corrected chi connectivity index (χ1v) is 8.58. The third-order valence-corrected chi connectivity index (χ3v) is 5.65. The van der Waals surface area contributed by atoms with Crippen molar-refractivity contribution in [1.29, 1.82) is 0 Å². The van der Waals surface area contributed by atoms with Gasteiger partial charge in [-0.2, -0.15) is 13.2 Å². The highest BCUT2D eigenvalue weighted by atomic mass is 35.5. The molecule has 1 saturated heterocycles. The molecule has 0 spiro atoms. The van der Waals surface area contributed by atoms with Gasteiger partial charge in [0.1, 0.15) is 4.90 Å². The minimum atomic E-state index is -4.80. The molecule has 0 saturated carbocycles. The van der Waals surface area contributed by atoms with Crippen molar-refractivity contribution < 1.29 is 21.6 Å². The van der Waals surface area contributed by atoms with Crippen LogP contribution in [0, 0.1) is 5.92 Å². The fourth-order valence-electron chi connectivity index (χ4n) is 2.45. The number of alkyl halides is 3. The normalized spacial score (nSPS) is 22.5. The van der Waals surface area contributed by atoms with Gasteiger partial charge in [0.2, 0.25) is 10.0 Å². The Morgan fingerprint density at radius 1 is 1.35 bits per heavy atom. The van der Waals surface area contributed by atoms with Crippen LogP contribution in [0.3, 0.4) is 0 Å². The van der Waals surface area contributed by atoms with E-state index < -0.39 is 37.7 Å². The van der Waals surface area contributed by atoms with Crippen molar-refractivity contribution in [3.05, 3.63) is 28.8 Å². The molecule has 2 N–H and O–H groups in total. The number of sulfonamides is 1. The van der Waals surface area contributed by atoms with Crippen LogP contribution in [-0.4, -0.2) is 27.5 Å². The SMILES string of the molecule is CC1CNCCC1NS(=O)(=O)c1c(Cl)cccc1C(F)(F)F.Cl. The number of benzene rings is 1. The molecule has 1 aromatic rings. The fraction of sp³-hybridized carbons (Fsp3) is 0.538. The summed E-state index contributed by atoms with van der Waals surface area (Å²) in [5.41, 5.74) is -1.26. The second-order valence-corrected chi connectivity index (χ2v) is 7.37. The van der Waals surface area contributed by atoms with Crippen molar-refractivity contribution in [3.63, 3.8) is 0 Å². The molecule has 0 radical (unpaired) electrons. The van der Waals surface area contributed by atoms with Crippen molar-refractivity contribution in [1.82, 2.24) is 10.0 Å². The van der Waals surface area contributed by atoms with Crippen LogP contribution >= 0.6 is 24.0 Å². The van der Waals surface area contributed by atoms with E-state index in [0.717, 1.165) is 12.1 Å². The highest BCUT2D eigenvalue weighted by Crippen LogP contribution is 2.37. The number of hydrogen-bond donors (Lipinski definition) is 2. The van der Waals surface area contributed by atoms with Gasteiger partial charge in [0.05, 0.1) is 10.6 Å². The summed E-state index contributed by atoms with van der Waals surface area (Å²) in [4.78, 5) is -0.908. The highest BCUT2D eigenvalue weighted by Gasteiger charge is 2.39. The second kappa shape index (κ2) is 7.57. The lowest BCUT2D eigenvalue weighted by Crippen LogP contribution is -2.48. The van der Waals surface area contributed by atoms with E-state index in [4.69, 9.17) is 11.6 Å². The van der Waals surface area contributed by atoms with Gasteiger partial charge in [-0.25, -0.2) is 13.1 Å². The molecule has 2 atom stereocenters. The van der Waals surface area contributed by atoms with Crippen molar-refractivity contribution in [2.24, 2.45) is 5.92 Å². The van der Waals surface area contributed by atoms with E-state index in [1.54, 1.807) is 0 Å². The maximum absolute atomic E-state index is 13.1. The number of piperidine rings is 1. The third kappa shape index (κ3) is 4.73. The minimum absolute atomic E-state index is 0. The van der Waals surface area contributed by atoms with Crippen molar-refractivity contribution in [2.45, 2.75) is 30.5 Å². The van der Waals surface area contributed by atoms with Gasteiger partial charge in [-0.05, 0) is 37.6 Å². The Bertz CT molecular complexity index is 653. The molecule has 1 aliphatic rings. The largest absolute Gasteiger partial charge is 0.417 e. The van der Waals surface area contributed by atoms with Crippen molar-refractivity contribution >= 4 is 34.0 Å². The van der Waals surface area contributed by atoms with Crippen LogP contribution in [-0.2, 0) is 16.2 Å². The zero-order valence-electron chi connectivity index (χ0n) is 12.2. The lowest BCUT2D eigenvalue weighted by molar-refractivity contribution is -0.139. The Balaban J connectivity index is 0.00000264. The molecule has 2 rings (SSSR count). The zero-order valence-corrected chi connectivity index (χ0v) is 14.5. The monoisotopic (exact) mass is 392 g/mol.